The van der Waals surface area contributed by atoms with Gasteiger partial charge in [-0.2, -0.15) is 0 Å². The van der Waals surface area contributed by atoms with Gasteiger partial charge in [0.05, 0.1) is 29.1 Å². The largest absolute Gasteiger partial charge is 0.462 e. The maximum Gasteiger partial charge on any atom is 0.339 e. The van der Waals surface area contributed by atoms with Gasteiger partial charge in [-0.05, 0) is 50.2 Å². The Balaban J connectivity index is 2.26. The standard InChI is InChI=1S/C19H20Cl2N2O5S/c1-4-28-19(25)16-9-8-14(11-17(16)21)22-18(24)12(2)23(29(3,26)27)15-7-5-6-13(20)10-15/h5-12H,4H2,1-3H3,(H,22,24)/t12-/m1/s1. The highest BCUT2D eigenvalue weighted by atomic mass is 35.5. The molecular formula is C19H20Cl2N2O5S. The molecule has 0 saturated heterocycles. The molecule has 0 radical (unpaired) electrons. The molecule has 2 rings (SSSR count). The van der Waals surface area contributed by atoms with Gasteiger partial charge >= 0.3 is 5.97 Å². The molecule has 2 aromatic carbocycles. The van der Waals surface area contributed by atoms with Gasteiger partial charge < -0.3 is 10.1 Å². The molecule has 2 aromatic rings. The maximum atomic E-state index is 12.7. The van der Waals surface area contributed by atoms with E-state index in [4.69, 9.17) is 27.9 Å². The lowest BCUT2D eigenvalue weighted by Gasteiger charge is -2.28. The van der Waals surface area contributed by atoms with E-state index < -0.39 is 27.9 Å². The molecule has 1 N–H and O–H groups in total. The molecule has 0 bridgehead atoms. The summed E-state index contributed by atoms with van der Waals surface area (Å²) in [5.74, 6) is -1.16. The number of nitrogens with zero attached hydrogens (tertiary/aromatic N) is 1. The van der Waals surface area contributed by atoms with Crippen molar-refractivity contribution in [3.63, 3.8) is 0 Å². The average molecular weight is 459 g/mol. The van der Waals surface area contributed by atoms with Crippen LogP contribution in [0.5, 0.6) is 0 Å². The van der Waals surface area contributed by atoms with Crippen LogP contribution < -0.4 is 9.62 Å². The molecule has 0 unspecified atom stereocenters. The SMILES string of the molecule is CCOC(=O)c1ccc(NC(=O)[C@@H](C)N(c2cccc(Cl)c2)S(C)(=O)=O)cc1Cl. The van der Waals surface area contributed by atoms with Gasteiger partial charge in [0.25, 0.3) is 0 Å². The molecular weight excluding hydrogens is 439 g/mol. The van der Waals surface area contributed by atoms with Crippen LogP contribution >= 0.6 is 23.2 Å². The zero-order chi connectivity index (χ0) is 21.8. The molecule has 0 aliphatic heterocycles. The first kappa shape index (κ1) is 23.0. The summed E-state index contributed by atoms with van der Waals surface area (Å²) in [7, 11) is -3.78. The topological polar surface area (TPSA) is 92.8 Å². The second-order valence-corrected chi connectivity index (χ2v) is 8.82. The van der Waals surface area contributed by atoms with Crippen molar-refractivity contribution in [1.29, 1.82) is 0 Å². The second kappa shape index (κ2) is 9.47. The van der Waals surface area contributed by atoms with Gasteiger partial charge in [0.15, 0.2) is 0 Å². The minimum absolute atomic E-state index is 0.101. The zero-order valence-corrected chi connectivity index (χ0v) is 18.3. The normalized spacial score (nSPS) is 12.2. The van der Waals surface area contributed by atoms with Crippen molar-refractivity contribution in [3.8, 4) is 0 Å². The van der Waals surface area contributed by atoms with E-state index in [-0.39, 0.29) is 22.9 Å². The molecule has 29 heavy (non-hydrogen) atoms. The Kier molecular flexibility index (Phi) is 7.51. The van der Waals surface area contributed by atoms with Gasteiger partial charge in [-0.3, -0.25) is 9.10 Å². The van der Waals surface area contributed by atoms with Crippen molar-refractivity contribution in [2.24, 2.45) is 0 Å². The first-order valence-corrected chi connectivity index (χ1v) is 11.2. The summed E-state index contributed by atoms with van der Waals surface area (Å²) in [5, 5.41) is 3.04. The fourth-order valence-electron chi connectivity index (χ4n) is 2.64. The lowest BCUT2D eigenvalue weighted by atomic mass is 10.2. The summed E-state index contributed by atoms with van der Waals surface area (Å²) in [5.41, 5.74) is 0.731. The summed E-state index contributed by atoms with van der Waals surface area (Å²) >= 11 is 12.1. The molecule has 156 valence electrons. The number of esters is 1. The number of nitrogens with one attached hydrogen (secondary N) is 1. The molecule has 1 amide bonds. The van der Waals surface area contributed by atoms with E-state index in [1.165, 1.54) is 31.2 Å². The number of rotatable bonds is 7. The predicted octanol–water partition coefficient (Wildman–Crippen LogP) is 3.96. The van der Waals surface area contributed by atoms with Crippen LogP contribution in [0, 0.1) is 0 Å². The second-order valence-electron chi connectivity index (χ2n) is 6.12. The number of benzene rings is 2. The molecule has 7 nitrogen and oxygen atoms in total. The Morgan fingerprint density at radius 3 is 2.41 bits per heavy atom. The quantitative estimate of drug-likeness (QED) is 0.633. The van der Waals surface area contributed by atoms with E-state index in [9.17, 15) is 18.0 Å². The van der Waals surface area contributed by atoms with Gasteiger partial charge in [0.1, 0.15) is 6.04 Å². The summed E-state index contributed by atoms with van der Waals surface area (Å²) in [4.78, 5) is 24.5. The summed E-state index contributed by atoms with van der Waals surface area (Å²) in [6.07, 6.45) is 1.00. The summed E-state index contributed by atoms with van der Waals surface area (Å²) in [6, 6.07) is 9.41. The fraction of sp³-hybridized carbons (Fsp3) is 0.263. The molecule has 0 heterocycles. The van der Waals surface area contributed by atoms with Crippen molar-refractivity contribution >= 4 is 56.5 Å². The third kappa shape index (κ3) is 5.85. The number of carbonyl (C=O) groups excluding carboxylic acids is 2. The number of carbonyl (C=O) groups is 2. The van der Waals surface area contributed by atoms with Gasteiger partial charge in [0.2, 0.25) is 15.9 Å². The monoisotopic (exact) mass is 458 g/mol. The lowest BCUT2D eigenvalue weighted by molar-refractivity contribution is -0.116. The first-order chi connectivity index (χ1) is 13.5. The molecule has 0 saturated carbocycles. The number of hydrogen-bond donors (Lipinski definition) is 1. The van der Waals surface area contributed by atoms with Crippen LogP contribution in [0.15, 0.2) is 42.5 Å². The Bertz CT molecular complexity index is 1030. The highest BCUT2D eigenvalue weighted by Gasteiger charge is 2.29. The van der Waals surface area contributed by atoms with Gasteiger partial charge in [-0.25, -0.2) is 13.2 Å². The van der Waals surface area contributed by atoms with Crippen molar-refractivity contribution in [2.75, 3.05) is 22.5 Å². The molecule has 1 atom stereocenters. The number of anilines is 2. The minimum Gasteiger partial charge on any atom is -0.462 e. The summed E-state index contributed by atoms with van der Waals surface area (Å²) < 4.78 is 30.5. The third-order valence-electron chi connectivity index (χ3n) is 3.88. The van der Waals surface area contributed by atoms with Crippen LogP contribution in [0.3, 0.4) is 0 Å². The van der Waals surface area contributed by atoms with Crippen LogP contribution in [-0.2, 0) is 19.6 Å². The average Bonchev–Trinajstić information content (AvgIpc) is 2.60. The number of ether oxygens (including phenoxy) is 1. The molecule has 0 fully saturated rings. The van der Waals surface area contributed by atoms with E-state index in [1.807, 2.05) is 0 Å². The highest BCUT2D eigenvalue weighted by molar-refractivity contribution is 7.92. The summed E-state index contributed by atoms with van der Waals surface area (Å²) in [6.45, 7) is 3.33. The van der Waals surface area contributed by atoms with Crippen molar-refractivity contribution < 1.29 is 22.7 Å². The van der Waals surface area contributed by atoms with Crippen LogP contribution in [0.25, 0.3) is 0 Å². The van der Waals surface area contributed by atoms with E-state index in [0.717, 1.165) is 10.6 Å². The molecule has 10 heteroatoms. The van der Waals surface area contributed by atoms with Crippen molar-refractivity contribution in [3.05, 3.63) is 58.1 Å². The minimum atomic E-state index is -3.78. The first-order valence-electron chi connectivity index (χ1n) is 8.57. The van der Waals surface area contributed by atoms with E-state index in [2.05, 4.69) is 5.32 Å². The van der Waals surface area contributed by atoms with Crippen molar-refractivity contribution in [2.45, 2.75) is 19.9 Å². The Morgan fingerprint density at radius 2 is 1.86 bits per heavy atom. The number of halogens is 2. The van der Waals surface area contributed by atoms with Crippen LogP contribution in [0.2, 0.25) is 10.0 Å². The lowest BCUT2D eigenvalue weighted by Crippen LogP contribution is -2.45. The van der Waals surface area contributed by atoms with Crippen LogP contribution in [0.4, 0.5) is 11.4 Å². The van der Waals surface area contributed by atoms with E-state index in [0.29, 0.717) is 10.7 Å². The Labute approximate surface area is 179 Å². The number of amides is 1. The molecule has 0 aliphatic rings. The number of sulfonamides is 1. The Morgan fingerprint density at radius 1 is 1.17 bits per heavy atom. The van der Waals surface area contributed by atoms with E-state index >= 15 is 0 Å². The molecule has 0 aromatic heterocycles. The fourth-order valence-corrected chi connectivity index (χ4v) is 4.24. The van der Waals surface area contributed by atoms with Crippen LogP contribution in [-0.4, -0.2) is 39.2 Å². The maximum absolute atomic E-state index is 12.7. The molecule has 0 spiro atoms. The van der Waals surface area contributed by atoms with Gasteiger partial charge in [0, 0.05) is 10.7 Å². The molecule has 0 aliphatic carbocycles. The van der Waals surface area contributed by atoms with Gasteiger partial charge in [-0.1, -0.05) is 29.3 Å². The third-order valence-corrected chi connectivity index (χ3v) is 5.67. The van der Waals surface area contributed by atoms with Crippen molar-refractivity contribution in [1.82, 2.24) is 0 Å². The highest BCUT2D eigenvalue weighted by Crippen LogP contribution is 2.26. The zero-order valence-electron chi connectivity index (χ0n) is 16.0. The van der Waals surface area contributed by atoms with E-state index in [1.54, 1.807) is 25.1 Å². The van der Waals surface area contributed by atoms with Gasteiger partial charge in [-0.15, -0.1) is 0 Å². The number of hydrogen-bond acceptors (Lipinski definition) is 5. The predicted molar refractivity (Wildman–Crippen MR) is 114 cm³/mol. The Hall–Kier alpha value is -2.29. The van der Waals surface area contributed by atoms with Crippen LogP contribution in [0.1, 0.15) is 24.2 Å². The smallest absolute Gasteiger partial charge is 0.339 e.